The molecule has 0 rings (SSSR count). The lowest BCUT2D eigenvalue weighted by molar-refractivity contribution is -0.896. The van der Waals surface area contributed by atoms with Crippen LogP contribution in [0.25, 0.3) is 0 Å². The number of rotatable bonds is 10. The van der Waals surface area contributed by atoms with Crippen LogP contribution >= 0.6 is 15.9 Å². The van der Waals surface area contributed by atoms with Gasteiger partial charge in [-0.15, -0.1) is 0 Å². The first kappa shape index (κ1) is 19.1. The van der Waals surface area contributed by atoms with E-state index < -0.39 is 0 Å². The minimum absolute atomic E-state index is 0. The van der Waals surface area contributed by atoms with Gasteiger partial charge >= 0.3 is 0 Å². The molecule has 0 aromatic rings. The van der Waals surface area contributed by atoms with Crippen molar-refractivity contribution in [3.63, 3.8) is 0 Å². The van der Waals surface area contributed by atoms with Crippen LogP contribution in [-0.2, 0) is 0 Å². The van der Waals surface area contributed by atoms with Crippen LogP contribution in [0.2, 0.25) is 0 Å². The SMILES string of the molecule is CCCCCC[N+](C)(CBr)CCCCC.[Cl-]. The van der Waals surface area contributed by atoms with E-state index in [0.717, 1.165) is 5.45 Å². The molecule has 0 aliphatic heterocycles. The number of halogens is 2. The standard InChI is InChI=1S/C13H29BrN.ClH/c1-4-6-8-10-12-15(3,13-14)11-9-7-5-2;/h4-13H2,1-3H3;1H/q+1;/p-1. The van der Waals surface area contributed by atoms with Crippen molar-refractivity contribution < 1.29 is 16.9 Å². The quantitative estimate of drug-likeness (QED) is 0.248. The summed E-state index contributed by atoms with van der Waals surface area (Å²) in [6.07, 6.45) is 9.64. The molecule has 0 saturated heterocycles. The van der Waals surface area contributed by atoms with Gasteiger partial charge in [0.15, 0.2) is 0 Å². The number of nitrogens with zero attached hydrogens (tertiary/aromatic N) is 1. The maximum absolute atomic E-state index is 3.67. The molecule has 0 aliphatic rings. The fourth-order valence-electron chi connectivity index (χ4n) is 1.90. The second kappa shape index (κ2) is 12.2. The third kappa shape index (κ3) is 9.92. The summed E-state index contributed by atoms with van der Waals surface area (Å²) in [6.45, 7) is 7.24. The molecule has 16 heavy (non-hydrogen) atoms. The first-order valence-electron chi connectivity index (χ1n) is 6.58. The molecular weight excluding hydrogens is 286 g/mol. The molecule has 0 aromatic heterocycles. The fraction of sp³-hybridized carbons (Fsp3) is 1.00. The predicted molar refractivity (Wildman–Crippen MR) is 73.4 cm³/mol. The summed E-state index contributed by atoms with van der Waals surface area (Å²) in [4.78, 5) is 0. The highest BCUT2D eigenvalue weighted by atomic mass is 79.9. The van der Waals surface area contributed by atoms with Gasteiger partial charge in [0.1, 0.15) is 5.45 Å². The van der Waals surface area contributed by atoms with E-state index in [0.29, 0.717) is 0 Å². The first-order valence-corrected chi connectivity index (χ1v) is 7.70. The summed E-state index contributed by atoms with van der Waals surface area (Å²) in [7, 11) is 2.39. The molecule has 1 nitrogen and oxygen atoms in total. The molecule has 3 heteroatoms. The summed E-state index contributed by atoms with van der Waals surface area (Å²) in [5, 5.41) is 0. The van der Waals surface area contributed by atoms with Gasteiger partial charge in [0.2, 0.25) is 0 Å². The Morgan fingerprint density at radius 1 is 0.812 bits per heavy atom. The average Bonchev–Trinajstić information content (AvgIpc) is 2.25. The zero-order chi connectivity index (χ0) is 11.6. The zero-order valence-corrected chi connectivity index (χ0v) is 13.6. The normalized spacial score (nSPS) is 14.2. The second-order valence-corrected chi connectivity index (χ2v) is 5.46. The van der Waals surface area contributed by atoms with E-state index in [4.69, 9.17) is 0 Å². The van der Waals surface area contributed by atoms with Gasteiger partial charge in [-0.1, -0.05) is 33.1 Å². The lowest BCUT2D eigenvalue weighted by Gasteiger charge is -2.32. The van der Waals surface area contributed by atoms with Crippen molar-refractivity contribution in [1.82, 2.24) is 0 Å². The zero-order valence-electron chi connectivity index (χ0n) is 11.3. The predicted octanol–water partition coefficient (Wildman–Crippen LogP) is 1.56. The van der Waals surface area contributed by atoms with Crippen molar-refractivity contribution in [1.29, 1.82) is 0 Å². The molecule has 0 heterocycles. The Morgan fingerprint density at radius 3 is 1.69 bits per heavy atom. The third-order valence-corrected chi connectivity index (χ3v) is 4.35. The molecular formula is C13H29BrClN. The molecule has 100 valence electrons. The topological polar surface area (TPSA) is 0 Å². The van der Waals surface area contributed by atoms with Crippen molar-refractivity contribution in [3.8, 4) is 0 Å². The van der Waals surface area contributed by atoms with E-state index in [1.807, 2.05) is 0 Å². The summed E-state index contributed by atoms with van der Waals surface area (Å²) in [5.41, 5.74) is 1.11. The number of hydrogen-bond acceptors (Lipinski definition) is 0. The average molecular weight is 315 g/mol. The third-order valence-electron chi connectivity index (χ3n) is 3.14. The van der Waals surface area contributed by atoms with Gasteiger partial charge in [-0.3, -0.25) is 0 Å². The minimum Gasteiger partial charge on any atom is -1.00 e. The van der Waals surface area contributed by atoms with Crippen molar-refractivity contribution >= 4 is 15.9 Å². The van der Waals surface area contributed by atoms with Gasteiger partial charge in [0, 0.05) is 0 Å². The highest BCUT2D eigenvalue weighted by Crippen LogP contribution is 2.12. The van der Waals surface area contributed by atoms with E-state index in [-0.39, 0.29) is 12.4 Å². The molecule has 0 amide bonds. The first-order chi connectivity index (χ1) is 7.18. The summed E-state index contributed by atoms with van der Waals surface area (Å²) in [5.74, 6) is 0. The molecule has 0 bridgehead atoms. The Balaban J connectivity index is 0. The van der Waals surface area contributed by atoms with E-state index in [1.165, 1.54) is 62.5 Å². The lowest BCUT2D eigenvalue weighted by Crippen LogP contribution is -3.00. The van der Waals surface area contributed by atoms with E-state index >= 15 is 0 Å². The highest BCUT2D eigenvalue weighted by molar-refractivity contribution is 9.09. The molecule has 0 radical (unpaired) electrons. The van der Waals surface area contributed by atoms with Gasteiger partial charge in [-0.05, 0) is 41.6 Å². The van der Waals surface area contributed by atoms with Crippen LogP contribution in [-0.4, -0.2) is 30.1 Å². The maximum Gasteiger partial charge on any atom is 0.134 e. The van der Waals surface area contributed by atoms with E-state index in [1.54, 1.807) is 0 Å². The summed E-state index contributed by atoms with van der Waals surface area (Å²) in [6, 6.07) is 0. The fourth-order valence-corrected chi connectivity index (χ4v) is 2.40. The molecule has 0 aromatic carbocycles. The minimum atomic E-state index is 0. The number of hydrogen-bond donors (Lipinski definition) is 0. The van der Waals surface area contributed by atoms with Crippen LogP contribution in [0.5, 0.6) is 0 Å². The molecule has 0 aliphatic carbocycles. The van der Waals surface area contributed by atoms with Gasteiger partial charge in [-0.25, -0.2) is 0 Å². The van der Waals surface area contributed by atoms with Crippen LogP contribution in [0.4, 0.5) is 0 Å². The Morgan fingerprint density at radius 2 is 1.25 bits per heavy atom. The van der Waals surface area contributed by atoms with Crippen LogP contribution in [0.15, 0.2) is 0 Å². The molecule has 0 spiro atoms. The largest absolute Gasteiger partial charge is 1.00 e. The molecule has 0 fully saturated rings. The smallest absolute Gasteiger partial charge is 0.134 e. The van der Waals surface area contributed by atoms with Gasteiger partial charge in [0.05, 0.1) is 20.1 Å². The van der Waals surface area contributed by atoms with Gasteiger partial charge in [-0.2, -0.15) is 0 Å². The molecule has 0 N–H and O–H groups in total. The monoisotopic (exact) mass is 313 g/mol. The Kier molecular flexibility index (Phi) is 14.5. The van der Waals surface area contributed by atoms with E-state index in [2.05, 4.69) is 36.8 Å². The van der Waals surface area contributed by atoms with Gasteiger partial charge < -0.3 is 16.9 Å². The lowest BCUT2D eigenvalue weighted by atomic mass is 10.1. The van der Waals surface area contributed by atoms with Crippen molar-refractivity contribution in [3.05, 3.63) is 0 Å². The summed E-state index contributed by atoms with van der Waals surface area (Å²) < 4.78 is 1.21. The maximum atomic E-state index is 3.67. The Hall–Kier alpha value is 0.730. The Bertz CT molecular complexity index is 144. The number of unbranched alkanes of at least 4 members (excludes halogenated alkanes) is 5. The van der Waals surface area contributed by atoms with Crippen molar-refractivity contribution in [2.45, 2.75) is 58.8 Å². The number of alkyl halides is 1. The van der Waals surface area contributed by atoms with Crippen LogP contribution < -0.4 is 12.4 Å². The van der Waals surface area contributed by atoms with E-state index in [9.17, 15) is 0 Å². The van der Waals surface area contributed by atoms with Crippen LogP contribution in [0.1, 0.15) is 58.8 Å². The Labute approximate surface area is 117 Å². The van der Waals surface area contributed by atoms with Gasteiger partial charge in [0.25, 0.3) is 0 Å². The highest BCUT2D eigenvalue weighted by Gasteiger charge is 2.18. The summed E-state index contributed by atoms with van der Waals surface area (Å²) >= 11 is 3.67. The molecule has 1 atom stereocenters. The molecule has 0 saturated carbocycles. The second-order valence-electron chi connectivity index (χ2n) is 4.95. The van der Waals surface area contributed by atoms with Crippen LogP contribution in [0, 0.1) is 0 Å². The van der Waals surface area contributed by atoms with Crippen LogP contribution in [0.3, 0.4) is 0 Å². The van der Waals surface area contributed by atoms with Crippen molar-refractivity contribution in [2.75, 3.05) is 25.6 Å². The van der Waals surface area contributed by atoms with Crippen molar-refractivity contribution in [2.24, 2.45) is 0 Å². The number of quaternary nitrogens is 1. The molecule has 1 unspecified atom stereocenters.